The summed E-state index contributed by atoms with van der Waals surface area (Å²) >= 11 is 0. The van der Waals surface area contributed by atoms with Crippen molar-refractivity contribution in [2.75, 3.05) is 0 Å². The van der Waals surface area contributed by atoms with Crippen molar-refractivity contribution in [3.8, 4) is 5.75 Å². The zero-order valence-corrected chi connectivity index (χ0v) is 22.4. The molecule has 5 rings (SSSR count). The van der Waals surface area contributed by atoms with Crippen LogP contribution in [-0.2, 0) is 12.8 Å². The van der Waals surface area contributed by atoms with Gasteiger partial charge in [-0.2, -0.15) is 0 Å². The molecule has 0 unspecified atom stereocenters. The predicted octanol–water partition coefficient (Wildman–Crippen LogP) is 9.43. The summed E-state index contributed by atoms with van der Waals surface area (Å²) in [5, 5.41) is 10.9. The molecule has 0 heterocycles. The maximum atomic E-state index is 10.9. The fraction of sp³-hybridized carbons (Fsp3) is 0.486. The molecular weight excluding hydrogens is 436 g/mol. The Morgan fingerprint density at radius 1 is 0.611 bits per heavy atom. The number of hydrogen-bond donors (Lipinski definition) is 1. The van der Waals surface area contributed by atoms with Crippen LogP contribution in [0.4, 0.5) is 0 Å². The SMILES string of the molecule is Cc1cc(CC2CCCCC2)ccc1C(c1ccc(CC2CCCCC2)cc1C)c1ccccc1O. The van der Waals surface area contributed by atoms with Gasteiger partial charge < -0.3 is 5.11 Å². The van der Waals surface area contributed by atoms with Crippen LogP contribution in [0.25, 0.3) is 0 Å². The second-order valence-corrected chi connectivity index (χ2v) is 11.8. The van der Waals surface area contributed by atoms with Crippen LogP contribution in [-0.4, -0.2) is 5.11 Å². The highest BCUT2D eigenvalue weighted by Gasteiger charge is 2.24. The third-order valence-electron chi connectivity index (χ3n) is 9.04. The van der Waals surface area contributed by atoms with E-state index in [1.54, 1.807) is 0 Å². The molecule has 0 aliphatic heterocycles. The molecule has 3 aromatic carbocycles. The zero-order valence-electron chi connectivity index (χ0n) is 22.4. The van der Waals surface area contributed by atoms with E-state index in [1.807, 2.05) is 12.1 Å². The van der Waals surface area contributed by atoms with E-state index in [-0.39, 0.29) is 5.92 Å². The summed E-state index contributed by atoms with van der Waals surface area (Å²) < 4.78 is 0. The molecule has 0 aromatic heterocycles. The fourth-order valence-electron chi connectivity index (χ4n) is 7.06. The largest absolute Gasteiger partial charge is 0.508 e. The van der Waals surface area contributed by atoms with Crippen LogP contribution < -0.4 is 0 Å². The molecule has 0 bridgehead atoms. The summed E-state index contributed by atoms with van der Waals surface area (Å²) in [7, 11) is 0. The van der Waals surface area contributed by atoms with E-state index in [0.717, 1.165) is 17.4 Å². The molecule has 2 aliphatic carbocycles. The number of phenolic OH excluding ortho intramolecular Hbond substituents is 1. The van der Waals surface area contributed by atoms with E-state index >= 15 is 0 Å². The van der Waals surface area contributed by atoms with Gasteiger partial charge in [-0.05, 0) is 78.0 Å². The van der Waals surface area contributed by atoms with E-state index in [2.05, 4.69) is 62.4 Å². The van der Waals surface area contributed by atoms with Gasteiger partial charge in [0, 0.05) is 11.5 Å². The minimum absolute atomic E-state index is 0.0404. The highest BCUT2D eigenvalue weighted by atomic mass is 16.3. The van der Waals surface area contributed by atoms with Gasteiger partial charge in [0.25, 0.3) is 0 Å². The fourth-order valence-corrected chi connectivity index (χ4v) is 7.06. The first-order valence-electron chi connectivity index (χ1n) is 14.5. The molecular formula is C35H44O. The van der Waals surface area contributed by atoms with E-state index < -0.39 is 0 Å². The Labute approximate surface area is 219 Å². The minimum Gasteiger partial charge on any atom is -0.508 e. The Balaban J connectivity index is 1.46. The third kappa shape index (κ3) is 5.88. The third-order valence-corrected chi connectivity index (χ3v) is 9.04. The topological polar surface area (TPSA) is 20.2 Å². The molecule has 0 amide bonds. The van der Waals surface area contributed by atoms with E-state index in [1.165, 1.54) is 110 Å². The van der Waals surface area contributed by atoms with Crippen LogP contribution in [0.2, 0.25) is 0 Å². The quantitative estimate of drug-likeness (QED) is 0.334. The molecule has 1 heteroatoms. The number of rotatable bonds is 7. The van der Waals surface area contributed by atoms with Gasteiger partial charge in [-0.1, -0.05) is 119 Å². The molecule has 1 nitrogen and oxygen atoms in total. The molecule has 2 saturated carbocycles. The number of benzene rings is 3. The second-order valence-electron chi connectivity index (χ2n) is 11.8. The average Bonchev–Trinajstić information content (AvgIpc) is 2.89. The van der Waals surface area contributed by atoms with Gasteiger partial charge in [0.2, 0.25) is 0 Å². The Bertz CT molecular complexity index is 1080. The highest BCUT2D eigenvalue weighted by molar-refractivity contribution is 5.53. The van der Waals surface area contributed by atoms with Gasteiger partial charge in [-0.15, -0.1) is 0 Å². The lowest BCUT2D eigenvalue weighted by Gasteiger charge is -2.26. The monoisotopic (exact) mass is 480 g/mol. The van der Waals surface area contributed by atoms with Gasteiger partial charge in [0.1, 0.15) is 5.75 Å². The van der Waals surface area contributed by atoms with Gasteiger partial charge in [-0.25, -0.2) is 0 Å². The number of hydrogen-bond acceptors (Lipinski definition) is 1. The lowest BCUT2D eigenvalue weighted by Crippen LogP contribution is -2.12. The van der Waals surface area contributed by atoms with Crippen molar-refractivity contribution in [3.05, 3.63) is 99.6 Å². The molecule has 2 aliphatic rings. The summed E-state index contributed by atoms with van der Waals surface area (Å²) in [5.74, 6) is 2.12. The standard InChI is InChI=1S/C35H44O/c1-25-21-29(23-27-11-5-3-6-12-27)17-19-31(25)35(33-15-9-10-16-34(33)36)32-20-18-30(22-26(32)2)24-28-13-7-4-8-14-28/h9-10,15-22,27-28,35-36H,3-8,11-14,23-24H2,1-2H3. The number of aryl methyl sites for hydroxylation is 2. The van der Waals surface area contributed by atoms with Crippen molar-refractivity contribution < 1.29 is 5.11 Å². The van der Waals surface area contributed by atoms with E-state index in [4.69, 9.17) is 0 Å². The smallest absolute Gasteiger partial charge is 0.119 e. The molecule has 0 spiro atoms. The molecule has 2 fully saturated rings. The Morgan fingerprint density at radius 2 is 1.08 bits per heavy atom. The van der Waals surface area contributed by atoms with Crippen LogP contribution in [0.5, 0.6) is 5.75 Å². The molecule has 36 heavy (non-hydrogen) atoms. The van der Waals surface area contributed by atoms with Gasteiger partial charge in [0.15, 0.2) is 0 Å². The summed E-state index contributed by atoms with van der Waals surface area (Å²) in [4.78, 5) is 0. The molecule has 0 atom stereocenters. The summed E-state index contributed by atoms with van der Waals surface area (Å²) in [6.07, 6.45) is 16.4. The van der Waals surface area contributed by atoms with Crippen LogP contribution in [0, 0.1) is 25.7 Å². The molecule has 0 radical (unpaired) electrons. The Hall–Kier alpha value is -2.54. The van der Waals surface area contributed by atoms with Gasteiger partial charge >= 0.3 is 0 Å². The summed E-state index contributed by atoms with van der Waals surface area (Å²) in [6, 6.07) is 22.2. The first kappa shape index (κ1) is 25.1. The van der Waals surface area contributed by atoms with E-state index in [9.17, 15) is 5.11 Å². The maximum Gasteiger partial charge on any atom is 0.119 e. The first-order valence-corrected chi connectivity index (χ1v) is 14.5. The van der Waals surface area contributed by atoms with Crippen molar-refractivity contribution >= 4 is 0 Å². The van der Waals surface area contributed by atoms with Gasteiger partial charge in [-0.3, -0.25) is 0 Å². The molecule has 3 aromatic rings. The summed E-state index contributed by atoms with van der Waals surface area (Å²) in [6.45, 7) is 4.53. The van der Waals surface area contributed by atoms with E-state index in [0.29, 0.717) is 5.75 Å². The first-order chi connectivity index (χ1) is 17.6. The van der Waals surface area contributed by atoms with Gasteiger partial charge in [0.05, 0.1) is 0 Å². The minimum atomic E-state index is 0.0404. The van der Waals surface area contributed by atoms with Crippen molar-refractivity contribution in [1.82, 2.24) is 0 Å². The van der Waals surface area contributed by atoms with Crippen LogP contribution >= 0.6 is 0 Å². The maximum absolute atomic E-state index is 10.9. The number of aromatic hydroxyl groups is 1. The lowest BCUT2D eigenvalue weighted by atomic mass is 9.78. The molecule has 0 saturated heterocycles. The molecule has 1 N–H and O–H groups in total. The van der Waals surface area contributed by atoms with Crippen molar-refractivity contribution in [1.29, 1.82) is 0 Å². The normalized spacial score (nSPS) is 17.5. The Kier molecular flexibility index (Phi) is 8.15. The van der Waals surface area contributed by atoms with Crippen LogP contribution in [0.15, 0.2) is 60.7 Å². The lowest BCUT2D eigenvalue weighted by molar-refractivity contribution is 0.356. The van der Waals surface area contributed by atoms with Crippen LogP contribution in [0.3, 0.4) is 0 Å². The van der Waals surface area contributed by atoms with Crippen molar-refractivity contribution in [3.63, 3.8) is 0 Å². The highest BCUT2D eigenvalue weighted by Crippen LogP contribution is 2.40. The van der Waals surface area contributed by atoms with Crippen molar-refractivity contribution in [2.45, 2.75) is 96.8 Å². The zero-order chi connectivity index (χ0) is 24.9. The predicted molar refractivity (Wildman–Crippen MR) is 152 cm³/mol. The molecule has 190 valence electrons. The van der Waals surface area contributed by atoms with Crippen LogP contribution in [0.1, 0.15) is 109 Å². The average molecular weight is 481 g/mol. The number of phenols is 1. The summed E-state index contributed by atoms with van der Waals surface area (Å²) in [5.41, 5.74) is 9.24. The Morgan fingerprint density at radius 3 is 1.53 bits per heavy atom. The number of para-hydroxylation sites is 1. The van der Waals surface area contributed by atoms with Crippen molar-refractivity contribution in [2.24, 2.45) is 11.8 Å². The second kappa shape index (κ2) is 11.7.